The molecule has 1 aromatic carbocycles. The summed E-state index contributed by atoms with van der Waals surface area (Å²) in [5.74, 6) is -1.56. The van der Waals surface area contributed by atoms with E-state index >= 15 is 0 Å². The minimum absolute atomic E-state index is 0.438. The van der Waals surface area contributed by atoms with Crippen LogP contribution in [0.1, 0.15) is 77.8 Å². The lowest BCUT2D eigenvalue weighted by molar-refractivity contribution is -0.144. The lowest BCUT2D eigenvalue weighted by Gasteiger charge is -2.31. The molecule has 0 radical (unpaired) electrons. The van der Waals surface area contributed by atoms with Crippen molar-refractivity contribution in [2.45, 2.75) is 77.6 Å². The molecule has 0 atom stereocenters. The van der Waals surface area contributed by atoms with Crippen LogP contribution in [-0.2, 0) is 20.4 Å². The molecule has 0 amide bonds. The van der Waals surface area contributed by atoms with Crippen molar-refractivity contribution in [2.24, 2.45) is 0 Å². The van der Waals surface area contributed by atoms with Gasteiger partial charge in [-0.25, -0.2) is 0 Å². The molecule has 0 fully saturated rings. The van der Waals surface area contributed by atoms with Crippen molar-refractivity contribution in [3.05, 3.63) is 29.3 Å². The van der Waals surface area contributed by atoms with E-state index in [4.69, 9.17) is 4.74 Å². The first-order valence-electron chi connectivity index (χ1n) is 9.30. The molecule has 0 aliphatic heterocycles. The normalized spacial score (nSPS) is 12.0. The summed E-state index contributed by atoms with van der Waals surface area (Å²) in [5, 5.41) is 19.3. The predicted octanol–water partition coefficient (Wildman–Crippen LogP) is 4.76. The van der Waals surface area contributed by atoms with Gasteiger partial charge in [0.15, 0.2) is 0 Å². The average molecular weight is 364 g/mol. The number of carboxylic acid groups (broad SMARTS) is 2. The summed E-state index contributed by atoms with van der Waals surface area (Å²) in [7, 11) is 0. The third-order valence-corrected chi connectivity index (χ3v) is 4.90. The average Bonchev–Trinajstić information content (AvgIpc) is 2.57. The van der Waals surface area contributed by atoms with E-state index in [2.05, 4.69) is 6.92 Å². The number of unbranched alkanes of at least 4 members (excludes halogenated alkanes) is 4. The summed E-state index contributed by atoms with van der Waals surface area (Å²) < 4.78 is 5.91. The fourth-order valence-corrected chi connectivity index (χ4v) is 2.93. The highest BCUT2D eigenvalue weighted by Crippen LogP contribution is 2.40. The van der Waals surface area contributed by atoms with Crippen LogP contribution in [-0.4, -0.2) is 28.8 Å². The summed E-state index contributed by atoms with van der Waals surface area (Å²) >= 11 is 0. The van der Waals surface area contributed by atoms with E-state index in [0.29, 0.717) is 23.5 Å². The highest BCUT2D eigenvalue weighted by atomic mass is 16.5. The molecule has 1 rings (SSSR count). The molecule has 0 heterocycles. The largest absolute Gasteiger partial charge is 0.493 e. The van der Waals surface area contributed by atoms with E-state index in [-0.39, 0.29) is 0 Å². The predicted molar refractivity (Wildman–Crippen MR) is 102 cm³/mol. The van der Waals surface area contributed by atoms with Gasteiger partial charge >= 0.3 is 11.9 Å². The molecular weight excluding hydrogens is 332 g/mol. The molecule has 0 aliphatic carbocycles. The Bertz CT molecular complexity index is 631. The molecule has 0 saturated carbocycles. The molecule has 146 valence electrons. The summed E-state index contributed by atoms with van der Waals surface area (Å²) in [6.07, 6.45) is 5.47. The fraction of sp³-hybridized carbons (Fsp3) is 0.619. The Hall–Kier alpha value is -2.04. The van der Waals surface area contributed by atoms with E-state index in [1.54, 1.807) is 45.9 Å². The zero-order chi connectivity index (χ0) is 20.0. The molecule has 26 heavy (non-hydrogen) atoms. The highest BCUT2D eigenvalue weighted by Gasteiger charge is 2.41. The lowest BCUT2D eigenvalue weighted by atomic mass is 9.73. The standard InChI is InChI=1S/C21H32O5/c1-6-7-8-9-10-14-26-16-13-11-12-15(20(2,3)18(22)23)17(16)21(4,5)19(24)25/h11-13H,6-10,14H2,1-5H3,(H,22,23)(H,24,25). The fourth-order valence-electron chi connectivity index (χ4n) is 2.93. The summed E-state index contributed by atoms with van der Waals surface area (Å²) in [4.78, 5) is 23.6. The first-order chi connectivity index (χ1) is 12.1. The van der Waals surface area contributed by atoms with Gasteiger partial charge in [0.1, 0.15) is 5.75 Å². The van der Waals surface area contributed by atoms with Crippen LogP contribution in [0.15, 0.2) is 18.2 Å². The van der Waals surface area contributed by atoms with Crippen molar-refractivity contribution in [1.29, 1.82) is 0 Å². The number of hydrogen-bond donors (Lipinski definition) is 2. The molecule has 0 aliphatic rings. The Balaban J connectivity index is 3.22. The smallest absolute Gasteiger partial charge is 0.313 e. The zero-order valence-electron chi connectivity index (χ0n) is 16.6. The molecule has 1 aromatic rings. The van der Waals surface area contributed by atoms with Gasteiger partial charge in [-0.3, -0.25) is 9.59 Å². The topological polar surface area (TPSA) is 83.8 Å². The number of hydrogen-bond acceptors (Lipinski definition) is 3. The number of ether oxygens (including phenoxy) is 1. The van der Waals surface area contributed by atoms with E-state index in [1.165, 1.54) is 12.8 Å². The third-order valence-electron chi connectivity index (χ3n) is 4.90. The maximum Gasteiger partial charge on any atom is 0.313 e. The van der Waals surface area contributed by atoms with Crippen LogP contribution in [0, 0.1) is 0 Å². The van der Waals surface area contributed by atoms with Crippen LogP contribution < -0.4 is 4.74 Å². The second-order valence-electron chi connectivity index (χ2n) is 7.80. The van der Waals surface area contributed by atoms with E-state index in [0.717, 1.165) is 19.3 Å². The van der Waals surface area contributed by atoms with Crippen molar-refractivity contribution in [3.8, 4) is 5.75 Å². The second kappa shape index (κ2) is 9.06. The molecule has 5 heteroatoms. The third kappa shape index (κ3) is 4.99. The van der Waals surface area contributed by atoms with E-state index in [1.807, 2.05) is 0 Å². The van der Waals surface area contributed by atoms with Gasteiger partial charge in [0, 0.05) is 5.56 Å². The Kier molecular flexibility index (Phi) is 7.67. The number of rotatable bonds is 11. The summed E-state index contributed by atoms with van der Waals surface area (Å²) in [5.41, 5.74) is -1.57. The highest BCUT2D eigenvalue weighted by molar-refractivity contribution is 5.86. The minimum Gasteiger partial charge on any atom is -0.493 e. The van der Waals surface area contributed by atoms with Gasteiger partial charge in [-0.2, -0.15) is 0 Å². The van der Waals surface area contributed by atoms with Crippen LogP contribution in [0.4, 0.5) is 0 Å². The SMILES string of the molecule is CCCCCCCOc1cccc(C(C)(C)C(=O)O)c1C(C)(C)C(=O)O. The van der Waals surface area contributed by atoms with Gasteiger partial charge in [-0.05, 0) is 45.7 Å². The monoisotopic (exact) mass is 364 g/mol. The molecule has 0 spiro atoms. The van der Waals surface area contributed by atoms with E-state index < -0.39 is 22.8 Å². The molecule has 0 bridgehead atoms. The van der Waals surface area contributed by atoms with Crippen molar-refractivity contribution < 1.29 is 24.5 Å². The van der Waals surface area contributed by atoms with Crippen LogP contribution in [0.2, 0.25) is 0 Å². The minimum atomic E-state index is -1.26. The number of carbonyl (C=O) groups is 2. The van der Waals surface area contributed by atoms with E-state index in [9.17, 15) is 19.8 Å². The van der Waals surface area contributed by atoms with Crippen molar-refractivity contribution in [3.63, 3.8) is 0 Å². The van der Waals surface area contributed by atoms with Gasteiger partial charge in [-0.1, -0.05) is 44.7 Å². The van der Waals surface area contributed by atoms with Crippen LogP contribution in [0.5, 0.6) is 5.75 Å². The zero-order valence-corrected chi connectivity index (χ0v) is 16.6. The van der Waals surface area contributed by atoms with Gasteiger partial charge in [0.25, 0.3) is 0 Å². The molecule has 0 aromatic heterocycles. The quantitative estimate of drug-likeness (QED) is 0.553. The maximum atomic E-state index is 11.9. The maximum absolute atomic E-state index is 11.9. The van der Waals surface area contributed by atoms with Crippen LogP contribution in [0.3, 0.4) is 0 Å². The Morgan fingerprint density at radius 2 is 1.50 bits per heavy atom. The Labute approximate surface area is 156 Å². The Morgan fingerprint density at radius 1 is 0.923 bits per heavy atom. The van der Waals surface area contributed by atoms with Gasteiger partial charge in [0.05, 0.1) is 17.4 Å². The molecule has 0 unspecified atom stereocenters. The summed E-state index contributed by atoms with van der Waals surface area (Å²) in [6.45, 7) is 8.98. The molecule has 2 N–H and O–H groups in total. The Morgan fingerprint density at radius 3 is 2.04 bits per heavy atom. The van der Waals surface area contributed by atoms with Crippen molar-refractivity contribution >= 4 is 11.9 Å². The summed E-state index contributed by atoms with van der Waals surface area (Å²) in [6, 6.07) is 5.14. The first kappa shape index (κ1) is 22.0. The molecular formula is C21H32O5. The number of benzene rings is 1. The first-order valence-corrected chi connectivity index (χ1v) is 9.30. The molecule has 5 nitrogen and oxygen atoms in total. The van der Waals surface area contributed by atoms with Gasteiger partial charge in [-0.15, -0.1) is 0 Å². The lowest BCUT2D eigenvalue weighted by Crippen LogP contribution is -2.36. The van der Waals surface area contributed by atoms with Crippen LogP contribution in [0.25, 0.3) is 0 Å². The number of carboxylic acids is 2. The van der Waals surface area contributed by atoms with Crippen LogP contribution >= 0.6 is 0 Å². The second-order valence-corrected chi connectivity index (χ2v) is 7.80. The number of aliphatic carboxylic acids is 2. The van der Waals surface area contributed by atoms with Gasteiger partial charge < -0.3 is 14.9 Å². The van der Waals surface area contributed by atoms with Gasteiger partial charge in [0.2, 0.25) is 0 Å². The van der Waals surface area contributed by atoms with Crippen molar-refractivity contribution in [2.75, 3.05) is 6.61 Å². The molecule has 0 saturated heterocycles. The van der Waals surface area contributed by atoms with Crippen molar-refractivity contribution in [1.82, 2.24) is 0 Å².